The largest absolute Gasteiger partial charge is 0.350 e. The van der Waals surface area contributed by atoms with Gasteiger partial charge in [0.25, 0.3) is 5.69 Å². The molecule has 2 N–H and O–H groups in total. The smallest absolute Gasteiger partial charge is 0.293 e. The summed E-state index contributed by atoms with van der Waals surface area (Å²) in [6.07, 6.45) is 1.58. The normalized spacial score (nSPS) is 13.2. The van der Waals surface area contributed by atoms with E-state index in [-0.39, 0.29) is 40.2 Å². The van der Waals surface area contributed by atoms with E-state index in [2.05, 4.69) is 10.6 Å². The summed E-state index contributed by atoms with van der Waals surface area (Å²) >= 11 is 0. The van der Waals surface area contributed by atoms with Crippen molar-refractivity contribution in [1.29, 1.82) is 0 Å². The highest BCUT2D eigenvalue weighted by atomic mass is 19.1. The zero-order valence-electron chi connectivity index (χ0n) is 13.9. The number of halogens is 1. The maximum Gasteiger partial charge on any atom is 0.293 e. The fourth-order valence-electron chi connectivity index (χ4n) is 2.44. The molecular weight excluding hydrogens is 341 g/mol. The Balaban J connectivity index is 1.87. The lowest BCUT2D eigenvalue weighted by atomic mass is 10.1. The molecule has 134 valence electrons. The summed E-state index contributed by atoms with van der Waals surface area (Å²) in [7, 11) is 0. The molecule has 1 aliphatic rings. The summed E-state index contributed by atoms with van der Waals surface area (Å²) in [6, 6.07) is 8.02. The number of ketones is 1. The molecule has 0 bridgehead atoms. The highest BCUT2D eigenvalue weighted by Crippen LogP contribution is 2.33. The van der Waals surface area contributed by atoms with E-state index >= 15 is 0 Å². The minimum atomic E-state index is -0.603. The monoisotopic (exact) mass is 357 g/mol. The van der Waals surface area contributed by atoms with Crippen LogP contribution >= 0.6 is 0 Å². The summed E-state index contributed by atoms with van der Waals surface area (Å²) in [6.45, 7) is 1.32. The molecule has 0 aliphatic heterocycles. The Kier molecular flexibility index (Phi) is 4.66. The lowest BCUT2D eigenvalue weighted by Gasteiger charge is -2.11. The van der Waals surface area contributed by atoms with Crippen molar-refractivity contribution in [2.24, 2.45) is 5.92 Å². The number of nitrogens with zero attached hydrogens (tertiary/aromatic N) is 1. The second-order valence-electron chi connectivity index (χ2n) is 6.13. The van der Waals surface area contributed by atoms with Gasteiger partial charge in [-0.3, -0.25) is 19.7 Å². The van der Waals surface area contributed by atoms with Crippen molar-refractivity contribution in [3.8, 4) is 0 Å². The highest BCUT2D eigenvalue weighted by Gasteiger charge is 2.30. The number of nitro benzene ring substituents is 1. The first-order chi connectivity index (χ1) is 12.3. The van der Waals surface area contributed by atoms with Crippen molar-refractivity contribution in [3.63, 3.8) is 0 Å². The first kappa shape index (κ1) is 17.5. The van der Waals surface area contributed by atoms with Gasteiger partial charge in [0.2, 0.25) is 5.91 Å². The van der Waals surface area contributed by atoms with Crippen LogP contribution in [0.15, 0.2) is 36.4 Å². The Labute approximate surface area is 148 Å². The third-order valence-electron chi connectivity index (χ3n) is 4.05. The Morgan fingerprint density at radius 3 is 2.50 bits per heavy atom. The van der Waals surface area contributed by atoms with Crippen molar-refractivity contribution in [1.82, 2.24) is 0 Å². The molecule has 7 nitrogen and oxygen atoms in total. The standard InChI is InChI=1S/C18H16FN3O4/c1-10(23)12-4-7-15(17(8-12)22(25)26)20-13-5-6-14(19)16(9-13)21-18(24)11-2-3-11/h4-9,11,20H,2-3H2,1H3,(H,21,24). The molecule has 0 aromatic heterocycles. The molecular formula is C18H16FN3O4. The van der Waals surface area contributed by atoms with Crippen LogP contribution in [-0.4, -0.2) is 16.6 Å². The van der Waals surface area contributed by atoms with E-state index in [0.29, 0.717) is 5.69 Å². The van der Waals surface area contributed by atoms with Gasteiger partial charge in [-0.25, -0.2) is 4.39 Å². The van der Waals surface area contributed by atoms with Crippen molar-refractivity contribution in [2.45, 2.75) is 19.8 Å². The molecule has 0 spiro atoms. The first-order valence-corrected chi connectivity index (χ1v) is 8.02. The lowest BCUT2D eigenvalue weighted by molar-refractivity contribution is -0.383. The molecule has 1 saturated carbocycles. The Morgan fingerprint density at radius 1 is 1.15 bits per heavy atom. The zero-order chi connectivity index (χ0) is 18.8. The number of hydrogen-bond acceptors (Lipinski definition) is 5. The predicted molar refractivity (Wildman–Crippen MR) is 94.1 cm³/mol. The number of hydrogen-bond donors (Lipinski definition) is 2. The Morgan fingerprint density at radius 2 is 1.88 bits per heavy atom. The highest BCUT2D eigenvalue weighted by molar-refractivity contribution is 5.96. The van der Waals surface area contributed by atoms with Crippen LogP contribution in [0, 0.1) is 21.8 Å². The maximum atomic E-state index is 13.9. The van der Waals surface area contributed by atoms with Gasteiger partial charge >= 0.3 is 0 Å². The molecule has 0 heterocycles. The van der Waals surface area contributed by atoms with Gasteiger partial charge in [-0.1, -0.05) is 0 Å². The van der Waals surface area contributed by atoms with Crippen molar-refractivity contribution >= 4 is 34.4 Å². The van der Waals surface area contributed by atoms with Crippen LogP contribution in [0.4, 0.5) is 27.1 Å². The molecule has 1 fully saturated rings. The molecule has 0 unspecified atom stereocenters. The molecule has 0 radical (unpaired) electrons. The van der Waals surface area contributed by atoms with E-state index < -0.39 is 10.7 Å². The number of amides is 1. The minimum Gasteiger partial charge on any atom is -0.350 e. The lowest BCUT2D eigenvalue weighted by Crippen LogP contribution is -2.14. The second kappa shape index (κ2) is 6.91. The van der Waals surface area contributed by atoms with Gasteiger partial charge in [-0.05, 0) is 50.1 Å². The van der Waals surface area contributed by atoms with Crippen molar-refractivity contribution in [2.75, 3.05) is 10.6 Å². The van der Waals surface area contributed by atoms with Gasteiger partial charge in [0.1, 0.15) is 11.5 Å². The third kappa shape index (κ3) is 3.85. The van der Waals surface area contributed by atoms with Gasteiger partial charge in [-0.2, -0.15) is 0 Å². The summed E-state index contributed by atoms with van der Waals surface area (Å²) in [5, 5.41) is 16.6. The number of nitrogens with one attached hydrogen (secondary N) is 2. The fourth-order valence-corrected chi connectivity index (χ4v) is 2.44. The van der Waals surface area contributed by atoms with Crippen LogP contribution in [0.3, 0.4) is 0 Å². The molecule has 8 heteroatoms. The number of anilines is 3. The van der Waals surface area contributed by atoms with E-state index in [4.69, 9.17) is 0 Å². The van der Waals surface area contributed by atoms with E-state index in [0.717, 1.165) is 12.8 Å². The number of nitro groups is 1. The van der Waals surface area contributed by atoms with E-state index in [1.165, 1.54) is 43.3 Å². The maximum absolute atomic E-state index is 13.9. The van der Waals surface area contributed by atoms with E-state index in [1.54, 1.807) is 0 Å². The first-order valence-electron chi connectivity index (χ1n) is 8.02. The molecule has 0 saturated heterocycles. The number of Topliss-reactive ketones (excluding diaryl/α,β-unsaturated/α-hetero) is 1. The molecule has 3 rings (SSSR count). The predicted octanol–water partition coefficient (Wildman–Crippen LogP) is 4.03. The molecule has 0 atom stereocenters. The van der Waals surface area contributed by atoms with Crippen LogP contribution in [0.25, 0.3) is 0 Å². The Hall–Kier alpha value is -3.29. The molecule has 2 aromatic carbocycles. The van der Waals surface area contributed by atoms with Gasteiger partial charge < -0.3 is 10.6 Å². The SMILES string of the molecule is CC(=O)c1ccc(Nc2ccc(F)c(NC(=O)C3CC3)c2)c([N+](=O)[O-])c1. The average Bonchev–Trinajstić information content (AvgIpc) is 3.43. The van der Waals surface area contributed by atoms with Crippen LogP contribution in [-0.2, 0) is 4.79 Å². The van der Waals surface area contributed by atoms with Gasteiger partial charge in [0.05, 0.1) is 10.6 Å². The average molecular weight is 357 g/mol. The molecule has 26 heavy (non-hydrogen) atoms. The molecule has 2 aromatic rings. The van der Waals surface area contributed by atoms with Crippen LogP contribution in [0.5, 0.6) is 0 Å². The van der Waals surface area contributed by atoms with E-state index in [1.807, 2.05) is 0 Å². The fraction of sp³-hybridized carbons (Fsp3) is 0.222. The minimum absolute atomic E-state index is 0.00918. The number of benzene rings is 2. The zero-order valence-corrected chi connectivity index (χ0v) is 13.9. The summed E-state index contributed by atoms with van der Waals surface area (Å²) in [5.41, 5.74) is 0.487. The third-order valence-corrected chi connectivity index (χ3v) is 4.05. The van der Waals surface area contributed by atoms with Gasteiger partial charge in [0, 0.05) is 23.2 Å². The van der Waals surface area contributed by atoms with Crippen molar-refractivity contribution in [3.05, 3.63) is 57.9 Å². The Bertz CT molecular complexity index is 909. The summed E-state index contributed by atoms with van der Waals surface area (Å²) in [5.74, 6) is -1.19. The topological polar surface area (TPSA) is 101 Å². The number of carbonyl (C=O) groups excluding carboxylic acids is 2. The quantitative estimate of drug-likeness (QED) is 0.462. The van der Waals surface area contributed by atoms with E-state index in [9.17, 15) is 24.1 Å². The molecule has 1 aliphatic carbocycles. The van der Waals surface area contributed by atoms with Crippen LogP contribution in [0.2, 0.25) is 0 Å². The number of rotatable bonds is 6. The summed E-state index contributed by atoms with van der Waals surface area (Å²) in [4.78, 5) is 33.9. The summed E-state index contributed by atoms with van der Waals surface area (Å²) < 4.78 is 13.9. The van der Waals surface area contributed by atoms with Crippen molar-refractivity contribution < 1.29 is 18.9 Å². The second-order valence-corrected chi connectivity index (χ2v) is 6.13. The number of carbonyl (C=O) groups is 2. The molecule has 1 amide bonds. The van der Waals surface area contributed by atoms with Gasteiger partial charge in [0.15, 0.2) is 5.78 Å². The van der Waals surface area contributed by atoms with Gasteiger partial charge in [-0.15, -0.1) is 0 Å². The van der Waals surface area contributed by atoms with Crippen LogP contribution < -0.4 is 10.6 Å². The van der Waals surface area contributed by atoms with Crippen LogP contribution in [0.1, 0.15) is 30.1 Å².